The average Bonchev–Trinajstić information content (AvgIpc) is 2.32. The van der Waals surface area contributed by atoms with Gasteiger partial charge in [0.25, 0.3) is 5.91 Å². The molecule has 2 rings (SSSR count). The van der Waals surface area contributed by atoms with E-state index in [1.807, 2.05) is 19.1 Å². The van der Waals surface area contributed by atoms with E-state index in [2.05, 4.69) is 21.2 Å². The molecule has 0 bridgehead atoms. The third-order valence-electron chi connectivity index (χ3n) is 3.36. The Hall–Kier alpha value is -0.540. The topological polar surface area (TPSA) is 29.1 Å². The van der Waals surface area contributed by atoms with E-state index in [9.17, 15) is 4.79 Å². The van der Waals surface area contributed by atoms with Crippen LogP contribution >= 0.6 is 27.5 Å². The SMILES string of the molecule is Cc1ccc(C(=O)NC2CCC(Br)CC2)c(Cl)c1. The molecule has 0 radical (unpaired) electrons. The van der Waals surface area contributed by atoms with Crippen LogP contribution in [0.2, 0.25) is 5.02 Å². The van der Waals surface area contributed by atoms with Crippen LogP contribution in [0.5, 0.6) is 0 Å². The van der Waals surface area contributed by atoms with Gasteiger partial charge in [0.05, 0.1) is 10.6 Å². The highest BCUT2D eigenvalue weighted by Gasteiger charge is 2.21. The smallest absolute Gasteiger partial charge is 0.253 e. The minimum Gasteiger partial charge on any atom is -0.349 e. The van der Waals surface area contributed by atoms with Gasteiger partial charge in [-0.1, -0.05) is 33.6 Å². The molecular formula is C14H17BrClNO. The van der Waals surface area contributed by atoms with Gasteiger partial charge in [0, 0.05) is 10.9 Å². The molecule has 0 aromatic heterocycles. The van der Waals surface area contributed by atoms with Crippen molar-refractivity contribution in [3.8, 4) is 0 Å². The number of benzene rings is 1. The van der Waals surface area contributed by atoms with Gasteiger partial charge in [0.2, 0.25) is 0 Å². The van der Waals surface area contributed by atoms with Crippen LogP contribution in [0.15, 0.2) is 18.2 Å². The molecule has 4 heteroatoms. The summed E-state index contributed by atoms with van der Waals surface area (Å²) in [4.78, 5) is 12.7. The monoisotopic (exact) mass is 329 g/mol. The Kier molecular flexibility index (Phi) is 4.68. The van der Waals surface area contributed by atoms with Crippen molar-refractivity contribution in [3.63, 3.8) is 0 Å². The number of hydrogen-bond acceptors (Lipinski definition) is 1. The molecule has 0 atom stereocenters. The lowest BCUT2D eigenvalue weighted by molar-refractivity contribution is 0.0928. The van der Waals surface area contributed by atoms with E-state index in [-0.39, 0.29) is 11.9 Å². The molecule has 1 aromatic rings. The van der Waals surface area contributed by atoms with Gasteiger partial charge < -0.3 is 5.32 Å². The molecule has 2 nitrogen and oxygen atoms in total. The van der Waals surface area contributed by atoms with Gasteiger partial charge in [-0.15, -0.1) is 0 Å². The fraction of sp³-hybridized carbons (Fsp3) is 0.500. The van der Waals surface area contributed by atoms with E-state index >= 15 is 0 Å². The quantitative estimate of drug-likeness (QED) is 0.813. The maximum atomic E-state index is 12.1. The van der Waals surface area contributed by atoms with E-state index in [1.165, 1.54) is 0 Å². The predicted molar refractivity (Wildman–Crippen MR) is 78.6 cm³/mol. The van der Waals surface area contributed by atoms with Crippen molar-refractivity contribution in [3.05, 3.63) is 34.3 Å². The summed E-state index contributed by atoms with van der Waals surface area (Å²) < 4.78 is 0. The van der Waals surface area contributed by atoms with Crippen LogP contribution in [0.4, 0.5) is 0 Å². The molecule has 98 valence electrons. The van der Waals surface area contributed by atoms with Gasteiger partial charge in [-0.05, 0) is 50.3 Å². The average molecular weight is 331 g/mol. The Balaban J connectivity index is 1.99. The number of amides is 1. The lowest BCUT2D eigenvalue weighted by Crippen LogP contribution is -2.37. The second kappa shape index (κ2) is 6.07. The molecule has 1 fully saturated rings. The molecule has 1 aliphatic rings. The number of carbonyl (C=O) groups excluding carboxylic acids is 1. The zero-order valence-electron chi connectivity index (χ0n) is 10.4. The summed E-state index contributed by atoms with van der Waals surface area (Å²) in [6.45, 7) is 1.96. The fourth-order valence-corrected chi connectivity index (χ4v) is 3.11. The lowest BCUT2D eigenvalue weighted by Gasteiger charge is -2.26. The number of nitrogens with one attached hydrogen (secondary N) is 1. The molecule has 1 amide bonds. The van der Waals surface area contributed by atoms with E-state index in [0.29, 0.717) is 15.4 Å². The third kappa shape index (κ3) is 3.48. The summed E-state index contributed by atoms with van der Waals surface area (Å²) in [5, 5.41) is 3.60. The molecule has 0 unspecified atom stereocenters. The first-order chi connectivity index (χ1) is 8.56. The number of halogens is 2. The normalized spacial score (nSPS) is 23.7. The Morgan fingerprint density at radius 1 is 1.33 bits per heavy atom. The number of rotatable bonds is 2. The highest BCUT2D eigenvalue weighted by Crippen LogP contribution is 2.25. The second-order valence-electron chi connectivity index (χ2n) is 4.91. The summed E-state index contributed by atoms with van der Waals surface area (Å²) in [5.41, 5.74) is 1.64. The van der Waals surface area contributed by atoms with Crippen molar-refractivity contribution in [2.24, 2.45) is 0 Å². The highest BCUT2D eigenvalue weighted by molar-refractivity contribution is 9.09. The van der Waals surface area contributed by atoms with Gasteiger partial charge in [0.15, 0.2) is 0 Å². The molecule has 1 aromatic carbocycles. The number of carbonyl (C=O) groups is 1. The van der Waals surface area contributed by atoms with Crippen LogP contribution in [0, 0.1) is 6.92 Å². The van der Waals surface area contributed by atoms with Gasteiger partial charge in [0.1, 0.15) is 0 Å². The molecule has 1 N–H and O–H groups in total. The van der Waals surface area contributed by atoms with Crippen molar-refractivity contribution < 1.29 is 4.79 Å². The van der Waals surface area contributed by atoms with Crippen molar-refractivity contribution in [2.75, 3.05) is 0 Å². The maximum absolute atomic E-state index is 12.1. The van der Waals surface area contributed by atoms with Gasteiger partial charge in [-0.3, -0.25) is 4.79 Å². The molecule has 0 saturated heterocycles. The molecule has 0 heterocycles. The van der Waals surface area contributed by atoms with Crippen molar-refractivity contribution in [1.29, 1.82) is 0 Å². The summed E-state index contributed by atoms with van der Waals surface area (Å²) in [7, 11) is 0. The minimum atomic E-state index is -0.0574. The van der Waals surface area contributed by atoms with Crippen LogP contribution < -0.4 is 5.32 Å². The van der Waals surface area contributed by atoms with Crippen molar-refractivity contribution >= 4 is 33.4 Å². The first-order valence-electron chi connectivity index (χ1n) is 6.27. The summed E-state index contributed by atoms with van der Waals surface area (Å²) >= 11 is 9.71. The number of alkyl halides is 1. The molecule has 18 heavy (non-hydrogen) atoms. The Morgan fingerprint density at radius 3 is 2.61 bits per heavy atom. The third-order valence-corrected chi connectivity index (χ3v) is 4.59. The lowest BCUT2D eigenvalue weighted by atomic mass is 9.95. The Bertz CT molecular complexity index is 441. The molecular weight excluding hydrogens is 314 g/mol. The zero-order chi connectivity index (χ0) is 13.1. The van der Waals surface area contributed by atoms with E-state index in [1.54, 1.807) is 6.07 Å². The van der Waals surface area contributed by atoms with Crippen molar-refractivity contribution in [2.45, 2.75) is 43.5 Å². The van der Waals surface area contributed by atoms with Gasteiger partial charge in [-0.25, -0.2) is 0 Å². The van der Waals surface area contributed by atoms with E-state index < -0.39 is 0 Å². The van der Waals surface area contributed by atoms with Crippen LogP contribution in [0.1, 0.15) is 41.6 Å². The maximum Gasteiger partial charge on any atom is 0.253 e. The largest absolute Gasteiger partial charge is 0.349 e. The Labute approximate surface area is 121 Å². The number of aryl methyl sites for hydroxylation is 1. The zero-order valence-corrected chi connectivity index (χ0v) is 12.7. The first-order valence-corrected chi connectivity index (χ1v) is 7.56. The van der Waals surface area contributed by atoms with E-state index in [4.69, 9.17) is 11.6 Å². The van der Waals surface area contributed by atoms with Crippen LogP contribution in [-0.4, -0.2) is 16.8 Å². The molecule has 0 aliphatic heterocycles. The number of hydrogen-bond donors (Lipinski definition) is 1. The van der Waals surface area contributed by atoms with Gasteiger partial charge in [-0.2, -0.15) is 0 Å². The molecule has 1 saturated carbocycles. The first kappa shape index (κ1) is 13.9. The molecule has 0 spiro atoms. The molecule has 1 aliphatic carbocycles. The minimum absolute atomic E-state index is 0.0574. The summed E-state index contributed by atoms with van der Waals surface area (Å²) in [5.74, 6) is -0.0574. The highest BCUT2D eigenvalue weighted by atomic mass is 79.9. The van der Waals surface area contributed by atoms with Crippen LogP contribution in [0.3, 0.4) is 0 Å². The Morgan fingerprint density at radius 2 is 2.00 bits per heavy atom. The standard InChI is InChI=1S/C14H17BrClNO/c1-9-2-7-12(13(16)8-9)14(18)17-11-5-3-10(15)4-6-11/h2,7-8,10-11H,3-6H2,1H3,(H,17,18). The summed E-state index contributed by atoms with van der Waals surface area (Å²) in [6.07, 6.45) is 4.30. The van der Waals surface area contributed by atoms with Crippen LogP contribution in [-0.2, 0) is 0 Å². The fourth-order valence-electron chi connectivity index (χ4n) is 2.26. The van der Waals surface area contributed by atoms with Gasteiger partial charge >= 0.3 is 0 Å². The second-order valence-corrected chi connectivity index (χ2v) is 6.61. The van der Waals surface area contributed by atoms with Crippen molar-refractivity contribution in [1.82, 2.24) is 5.32 Å². The van der Waals surface area contributed by atoms with E-state index in [0.717, 1.165) is 31.2 Å². The van der Waals surface area contributed by atoms with Crippen LogP contribution in [0.25, 0.3) is 0 Å². The summed E-state index contributed by atoms with van der Waals surface area (Å²) in [6, 6.07) is 5.81. The predicted octanol–water partition coefficient (Wildman–Crippen LogP) is 4.08.